The van der Waals surface area contributed by atoms with Gasteiger partial charge in [-0.3, -0.25) is 9.59 Å². The fourth-order valence-electron chi connectivity index (χ4n) is 1.94. The Morgan fingerprint density at radius 2 is 1.84 bits per heavy atom. The van der Waals surface area contributed by atoms with Gasteiger partial charge in [-0.05, 0) is 25.9 Å². The Morgan fingerprint density at radius 1 is 1.32 bits per heavy atom. The molecule has 0 aromatic rings. The number of nitrogens with zero attached hydrogens (tertiary/aromatic N) is 1. The predicted molar refractivity (Wildman–Crippen MR) is 57.8 cm³/mol. The lowest BCUT2D eigenvalue weighted by molar-refractivity contribution is -0.183. The maximum Gasteiger partial charge on any atom is 0.383 e. The number of carbonyl (C=O) groups excluding carboxylic acids is 2. The van der Waals surface area contributed by atoms with E-state index in [4.69, 9.17) is 5.73 Å². The fraction of sp³-hybridized carbons (Fsp3) is 0.800. The van der Waals surface area contributed by atoms with Gasteiger partial charge in [0.1, 0.15) is 0 Å². The highest BCUT2D eigenvalue weighted by atomic mass is 19.3. The maximum absolute atomic E-state index is 13.1. The second kappa shape index (κ2) is 6.18. The first-order chi connectivity index (χ1) is 8.76. The molecule has 1 aliphatic rings. The van der Waals surface area contributed by atoms with Crippen molar-refractivity contribution in [3.63, 3.8) is 0 Å². The van der Waals surface area contributed by atoms with Gasteiger partial charge in [0.05, 0.1) is 6.54 Å². The van der Waals surface area contributed by atoms with E-state index in [-0.39, 0.29) is 0 Å². The molecule has 110 valence electrons. The van der Waals surface area contributed by atoms with Crippen molar-refractivity contribution in [1.29, 1.82) is 0 Å². The molecule has 0 aliphatic carbocycles. The fourth-order valence-corrected chi connectivity index (χ4v) is 1.94. The molecule has 0 spiro atoms. The molecule has 1 rings (SSSR count). The standard InChI is InChI=1S/C10H15F4N3O2/c11-8(12)10(13,14)9(19)17(5-7(15)18)6-1-3-16-4-2-6/h6,8,16H,1-5H2,(H2,15,18). The van der Waals surface area contributed by atoms with Crippen LogP contribution in [0.4, 0.5) is 17.6 Å². The molecule has 0 radical (unpaired) electrons. The Labute approximate surface area is 107 Å². The van der Waals surface area contributed by atoms with Crippen molar-refractivity contribution in [2.24, 2.45) is 5.73 Å². The number of piperidine rings is 1. The summed E-state index contributed by atoms with van der Waals surface area (Å²) in [6.07, 6.45) is -3.51. The van der Waals surface area contributed by atoms with E-state index in [1.807, 2.05) is 0 Å². The number of halogens is 4. The summed E-state index contributed by atoms with van der Waals surface area (Å²) in [6.45, 7) is 0.118. The molecular formula is C10H15F4N3O2. The van der Waals surface area contributed by atoms with Crippen molar-refractivity contribution in [2.75, 3.05) is 19.6 Å². The predicted octanol–water partition coefficient (Wildman–Crippen LogP) is -0.0473. The van der Waals surface area contributed by atoms with Crippen molar-refractivity contribution >= 4 is 11.8 Å². The molecule has 0 bridgehead atoms. The van der Waals surface area contributed by atoms with Gasteiger partial charge in [-0.2, -0.15) is 8.78 Å². The summed E-state index contributed by atoms with van der Waals surface area (Å²) in [5.74, 6) is -7.87. The van der Waals surface area contributed by atoms with E-state index >= 15 is 0 Å². The topological polar surface area (TPSA) is 75.4 Å². The van der Waals surface area contributed by atoms with E-state index < -0.39 is 36.7 Å². The van der Waals surface area contributed by atoms with Gasteiger partial charge in [-0.15, -0.1) is 0 Å². The minimum absolute atomic E-state index is 0.304. The lowest BCUT2D eigenvalue weighted by Gasteiger charge is -2.35. The van der Waals surface area contributed by atoms with E-state index in [2.05, 4.69) is 5.32 Å². The second-order valence-electron chi connectivity index (χ2n) is 4.30. The van der Waals surface area contributed by atoms with Crippen LogP contribution in [0.1, 0.15) is 12.8 Å². The summed E-state index contributed by atoms with van der Waals surface area (Å²) >= 11 is 0. The molecule has 1 fully saturated rings. The van der Waals surface area contributed by atoms with Crippen LogP contribution in [-0.4, -0.2) is 54.7 Å². The first-order valence-electron chi connectivity index (χ1n) is 5.73. The first kappa shape index (κ1) is 15.7. The summed E-state index contributed by atoms with van der Waals surface area (Å²) in [4.78, 5) is 22.8. The average molecular weight is 285 g/mol. The minimum atomic E-state index is -4.81. The van der Waals surface area contributed by atoms with E-state index in [0.29, 0.717) is 30.8 Å². The van der Waals surface area contributed by atoms with Gasteiger partial charge in [0.25, 0.3) is 5.91 Å². The Bertz CT molecular complexity index is 346. The number of hydrogen-bond acceptors (Lipinski definition) is 3. The molecule has 5 nitrogen and oxygen atoms in total. The van der Waals surface area contributed by atoms with Gasteiger partial charge in [-0.1, -0.05) is 0 Å². The van der Waals surface area contributed by atoms with Crippen molar-refractivity contribution in [3.8, 4) is 0 Å². The number of hydrogen-bond donors (Lipinski definition) is 2. The summed E-state index contributed by atoms with van der Waals surface area (Å²) in [5.41, 5.74) is 4.88. The molecule has 19 heavy (non-hydrogen) atoms. The number of primary amides is 1. The molecule has 2 amide bonds. The molecule has 1 saturated heterocycles. The molecule has 0 aromatic heterocycles. The van der Waals surface area contributed by atoms with Gasteiger partial charge in [0, 0.05) is 6.04 Å². The minimum Gasteiger partial charge on any atom is -0.368 e. The van der Waals surface area contributed by atoms with Crippen molar-refractivity contribution < 1.29 is 27.2 Å². The van der Waals surface area contributed by atoms with Crippen LogP contribution < -0.4 is 11.1 Å². The van der Waals surface area contributed by atoms with E-state index in [1.165, 1.54) is 0 Å². The van der Waals surface area contributed by atoms with E-state index in [1.54, 1.807) is 0 Å². The summed E-state index contributed by atoms with van der Waals surface area (Å²) in [5, 5.41) is 2.93. The van der Waals surface area contributed by atoms with Crippen molar-refractivity contribution in [1.82, 2.24) is 10.2 Å². The molecule has 0 saturated carbocycles. The number of amides is 2. The zero-order chi connectivity index (χ0) is 14.6. The van der Waals surface area contributed by atoms with Gasteiger partial charge >= 0.3 is 12.3 Å². The second-order valence-corrected chi connectivity index (χ2v) is 4.30. The maximum atomic E-state index is 13.1. The van der Waals surface area contributed by atoms with Gasteiger partial charge in [-0.25, -0.2) is 8.78 Å². The third-order valence-corrected chi connectivity index (χ3v) is 2.90. The molecule has 9 heteroatoms. The normalized spacial score (nSPS) is 17.5. The van der Waals surface area contributed by atoms with Crippen LogP contribution in [0.3, 0.4) is 0 Å². The number of nitrogens with two attached hydrogens (primary N) is 1. The average Bonchev–Trinajstić information content (AvgIpc) is 2.35. The Hall–Kier alpha value is -1.38. The SMILES string of the molecule is NC(=O)CN(C(=O)C(F)(F)C(F)F)C1CCNCC1. The molecule has 1 aliphatic heterocycles. The Morgan fingerprint density at radius 3 is 2.26 bits per heavy atom. The number of rotatable bonds is 5. The number of nitrogens with one attached hydrogen (secondary N) is 1. The zero-order valence-corrected chi connectivity index (χ0v) is 10.0. The highest BCUT2D eigenvalue weighted by Crippen LogP contribution is 2.27. The molecular weight excluding hydrogens is 270 g/mol. The summed E-state index contributed by atoms with van der Waals surface area (Å²) in [7, 11) is 0. The summed E-state index contributed by atoms with van der Waals surface area (Å²) < 4.78 is 50.6. The quantitative estimate of drug-likeness (QED) is 0.696. The highest BCUT2D eigenvalue weighted by molar-refractivity contribution is 5.88. The summed E-state index contributed by atoms with van der Waals surface area (Å²) in [6, 6.07) is -0.689. The smallest absolute Gasteiger partial charge is 0.368 e. The van der Waals surface area contributed by atoms with Crippen LogP contribution in [0.5, 0.6) is 0 Å². The van der Waals surface area contributed by atoms with Crippen molar-refractivity contribution in [2.45, 2.75) is 31.2 Å². The Balaban J connectivity index is 2.89. The lowest BCUT2D eigenvalue weighted by atomic mass is 10.0. The first-order valence-corrected chi connectivity index (χ1v) is 5.73. The third kappa shape index (κ3) is 3.79. The number of carbonyl (C=O) groups is 2. The van der Waals surface area contributed by atoms with Crippen LogP contribution in [0.15, 0.2) is 0 Å². The molecule has 1 heterocycles. The van der Waals surface area contributed by atoms with Crippen LogP contribution in [0.2, 0.25) is 0 Å². The monoisotopic (exact) mass is 285 g/mol. The molecule has 0 aromatic carbocycles. The molecule has 0 atom stereocenters. The van der Waals surface area contributed by atoms with E-state index in [9.17, 15) is 27.2 Å². The number of alkyl halides is 4. The Kier molecular flexibility index (Phi) is 5.10. The lowest BCUT2D eigenvalue weighted by Crippen LogP contribution is -2.56. The third-order valence-electron chi connectivity index (χ3n) is 2.90. The largest absolute Gasteiger partial charge is 0.383 e. The van der Waals surface area contributed by atoms with Gasteiger partial charge in [0.2, 0.25) is 5.91 Å². The van der Waals surface area contributed by atoms with Crippen LogP contribution in [-0.2, 0) is 9.59 Å². The van der Waals surface area contributed by atoms with Crippen LogP contribution in [0, 0.1) is 0 Å². The molecule has 0 unspecified atom stereocenters. The molecule has 3 N–H and O–H groups in total. The highest BCUT2D eigenvalue weighted by Gasteiger charge is 2.52. The van der Waals surface area contributed by atoms with Crippen LogP contribution >= 0.6 is 0 Å². The van der Waals surface area contributed by atoms with Gasteiger partial charge < -0.3 is 16.0 Å². The van der Waals surface area contributed by atoms with Crippen LogP contribution in [0.25, 0.3) is 0 Å². The van der Waals surface area contributed by atoms with Crippen molar-refractivity contribution in [3.05, 3.63) is 0 Å². The van der Waals surface area contributed by atoms with Gasteiger partial charge in [0.15, 0.2) is 0 Å². The van der Waals surface area contributed by atoms with E-state index in [0.717, 1.165) is 0 Å². The zero-order valence-electron chi connectivity index (χ0n) is 10.0.